The number of nitrogens with zero attached hydrogens (tertiary/aromatic N) is 1. The van der Waals surface area contributed by atoms with Gasteiger partial charge in [0.2, 0.25) is 0 Å². The fourth-order valence-electron chi connectivity index (χ4n) is 4.39. The summed E-state index contributed by atoms with van der Waals surface area (Å²) in [4.78, 5) is 18.5. The van der Waals surface area contributed by atoms with Crippen molar-refractivity contribution in [3.63, 3.8) is 0 Å². The molecule has 2 heterocycles. The number of likely N-dealkylation sites (tertiary alicyclic amines) is 1. The van der Waals surface area contributed by atoms with Gasteiger partial charge >= 0.3 is 0 Å². The maximum Gasteiger partial charge on any atom is 0.286 e. The first kappa shape index (κ1) is 21.2. The molecule has 0 spiro atoms. The van der Waals surface area contributed by atoms with Crippen molar-refractivity contribution in [2.24, 2.45) is 0 Å². The highest BCUT2D eigenvalue weighted by molar-refractivity contribution is 5.92. The molecule has 0 atom stereocenters. The van der Waals surface area contributed by atoms with E-state index in [0.717, 1.165) is 29.4 Å². The molecule has 1 aliphatic heterocycles. The zero-order chi connectivity index (χ0) is 21.2. The van der Waals surface area contributed by atoms with Crippen LogP contribution in [0.2, 0.25) is 0 Å². The van der Waals surface area contributed by atoms with Gasteiger partial charge in [0.15, 0.2) is 5.76 Å². The number of hydrogen-bond donors (Lipinski definition) is 2. The van der Waals surface area contributed by atoms with E-state index in [2.05, 4.69) is 62.1 Å². The molecule has 0 unspecified atom stereocenters. The normalized spacial score (nSPS) is 20.3. The van der Waals surface area contributed by atoms with Crippen LogP contribution in [-0.2, 0) is 9.53 Å². The Kier molecular flexibility index (Phi) is 5.90. The number of benzene rings is 1. The highest BCUT2D eigenvalue weighted by Crippen LogP contribution is 2.36. The Morgan fingerprint density at radius 1 is 1.21 bits per heavy atom. The fraction of sp³-hybridized carbons (Fsp3) is 0.458. The lowest BCUT2D eigenvalue weighted by atomic mass is 9.77. The molecule has 5 nitrogen and oxygen atoms in total. The minimum absolute atomic E-state index is 0.0200. The summed E-state index contributed by atoms with van der Waals surface area (Å²) in [5.41, 5.74) is 2.11. The summed E-state index contributed by atoms with van der Waals surface area (Å²) in [5.74, 6) is 0.141. The molecule has 1 saturated heterocycles. The molecule has 1 aromatic heterocycles. The minimum Gasteiger partial charge on any atom is -0.491 e. The van der Waals surface area contributed by atoms with Gasteiger partial charge in [-0.3, -0.25) is 9.69 Å². The van der Waals surface area contributed by atoms with Gasteiger partial charge in [-0.1, -0.05) is 24.3 Å². The number of hydrogen-bond acceptors (Lipinski definition) is 3. The van der Waals surface area contributed by atoms with Crippen LogP contribution >= 0.6 is 0 Å². The Morgan fingerprint density at radius 3 is 2.48 bits per heavy atom. The molecule has 3 rings (SSSR count). The van der Waals surface area contributed by atoms with E-state index >= 15 is 0 Å². The van der Waals surface area contributed by atoms with Gasteiger partial charge in [-0.2, -0.15) is 0 Å². The zero-order valence-electron chi connectivity index (χ0n) is 18.4. The van der Waals surface area contributed by atoms with Crippen LogP contribution in [0.15, 0.2) is 48.2 Å². The number of para-hydroxylation sites is 1. The zero-order valence-corrected chi connectivity index (χ0v) is 18.4. The van der Waals surface area contributed by atoms with Gasteiger partial charge in [0, 0.05) is 28.3 Å². The van der Waals surface area contributed by atoms with Gasteiger partial charge in [0.25, 0.3) is 5.91 Å². The monoisotopic (exact) mass is 395 g/mol. The lowest BCUT2D eigenvalue weighted by molar-refractivity contribution is -0.122. The molecule has 0 aliphatic carbocycles. The Hall–Kier alpha value is -2.53. The average molecular weight is 396 g/mol. The fourth-order valence-corrected chi connectivity index (χ4v) is 4.39. The summed E-state index contributed by atoms with van der Waals surface area (Å²) in [6, 6.07) is 10.3. The summed E-state index contributed by atoms with van der Waals surface area (Å²) < 4.78 is 5.35. The Bertz CT molecular complexity index is 886. The third-order valence-corrected chi connectivity index (χ3v) is 6.16. The van der Waals surface area contributed by atoms with Gasteiger partial charge in [0.1, 0.15) is 0 Å². The molecule has 156 valence electrons. The van der Waals surface area contributed by atoms with Gasteiger partial charge in [-0.15, -0.1) is 0 Å². The van der Waals surface area contributed by atoms with Crippen LogP contribution in [0.3, 0.4) is 0 Å². The SMILES string of the molecule is CO/C(=C/C=C/c1cc2ccccc2[nH]1)C(=O)NC1CC(C)(C)N(C)C(C)(C)C1. The van der Waals surface area contributed by atoms with Crippen molar-refractivity contribution < 1.29 is 9.53 Å². The van der Waals surface area contributed by atoms with Gasteiger partial charge in [-0.05, 0) is 77.3 Å². The van der Waals surface area contributed by atoms with Crippen molar-refractivity contribution >= 4 is 22.9 Å². The smallest absolute Gasteiger partial charge is 0.286 e. The van der Waals surface area contributed by atoms with Crippen LogP contribution in [0.4, 0.5) is 0 Å². The molecule has 1 aliphatic rings. The van der Waals surface area contributed by atoms with E-state index in [1.54, 1.807) is 6.08 Å². The summed E-state index contributed by atoms with van der Waals surface area (Å²) in [6.45, 7) is 8.90. The van der Waals surface area contributed by atoms with Gasteiger partial charge in [0.05, 0.1) is 7.11 Å². The Labute approximate surface area is 173 Å². The number of H-pyrrole nitrogens is 1. The number of aromatic amines is 1. The van der Waals surface area contributed by atoms with Crippen molar-refractivity contribution in [3.05, 3.63) is 53.9 Å². The quantitative estimate of drug-likeness (QED) is 0.446. The van der Waals surface area contributed by atoms with Crippen LogP contribution in [0, 0.1) is 0 Å². The molecule has 1 fully saturated rings. The number of carbonyl (C=O) groups is 1. The predicted molar refractivity (Wildman–Crippen MR) is 120 cm³/mol. The van der Waals surface area contributed by atoms with Crippen LogP contribution in [0.25, 0.3) is 17.0 Å². The molecule has 2 N–H and O–H groups in total. The number of ether oxygens (including phenoxy) is 1. The molecular formula is C24H33N3O2. The van der Waals surface area contributed by atoms with E-state index in [1.807, 2.05) is 30.4 Å². The Morgan fingerprint density at radius 2 is 1.86 bits per heavy atom. The highest BCUT2D eigenvalue weighted by atomic mass is 16.5. The first-order valence-electron chi connectivity index (χ1n) is 10.2. The van der Waals surface area contributed by atoms with Gasteiger partial charge in [-0.25, -0.2) is 0 Å². The predicted octanol–water partition coefficient (Wildman–Crippen LogP) is 4.48. The molecule has 0 saturated carbocycles. The van der Waals surface area contributed by atoms with Crippen molar-refractivity contribution in [2.45, 2.75) is 57.7 Å². The molecule has 2 aromatic rings. The maximum atomic E-state index is 12.8. The standard InChI is InChI=1S/C24H33N3O2/c1-23(2)15-19(16-24(3,4)27(23)5)26-22(28)21(29-6)13-9-11-18-14-17-10-7-8-12-20(17)25-18/h7-14,19,25H,15-16H2,1-6H3,(H,26,28)/b11-9+,21-13+. The van der Waals surface area contributed by atoms with E-state index in [-0.39, 0.29) is 23.0 Å². The molecule has 29 heavy (non-hydrogen) atoms. The summed E-state index contributed by atoms with van der Waals surface area (Å²) in [6.07, 6.45) is 7.30. The summed E-state index contributed by atoms with van der Waals surface area (Å²) >= 11 is 0. The molecule has 0 radical (unpaired) electrons. The van der Waals surface area contributed by atoms with Crippen molar-refractivity contribution in [2.75, 3.05) is 14.2 Å². The van der Waals surface area contributed by atoms with E-state index < -0.39 is 0 Å². The van der Waals surface area contributed by atoms with Crippen molar-refractivity contribution in [1.82, 2.24) is 15.2 Å². The lowest BCUT2D eigenvalue weighted by Crippen LogP contribution is -2.62. The topological polar surface area (TPSA) is 57.4 Å². The number of carbonyl (C=O) groups excluding carboxylic acids is 1. The lowest BCUT2D eigenvalue weighted by Gasteiger charge is -2.53. The second kappa shape index (κ2) is 8.07. The molecule has 5 heteroatoms. The number of piperidine rings is 1. The van der Waals surface area contributed by atoms with Crippen molar-refractivity contribution in [1.29, 1.82) is 0 Å². The van der Waals surface area contributed by atoms with E-state index in [9.17, 15) is 4.79 Å². The average Bonchev–Trinajstić information content (AvgIpc) is 3.05. The largest absolute Gasteiger partial charge is 0.491 e. The third kappa shape index (κ3) is 4.73. The molecular weight excluding hydrogens is 362 g/mol. The number of fused-ring (bicyclic) bond motifs is 1. The van der Waals surface area contributed by atoms with Crippen molar-refractivity contribution in [3.8, 4) is 0 Å². The first-order chi connectivity index (χ1) is 13.6. The highest BCUT2D eigenvalue weighted by Gasteiger charge is 2.43. The first-order valence-corrected chi connectivity index (χ1v) is 10.2. The van der Waals surface area contributed by atoms with Crippen LogP contribution in [0.1, 0.15) is 46.2 Å². The number of nitrogens with one attached hydrogen (secondary N) is 2. The number of methoxy groups -OCH3 is 1. The molecule has 1 amide bonds. The van der Waals surface area contributed by atoms with Crippen LogP contribution in [-0.4, -0.2) is 47.1 Å². The second-order valence-electron chi connectivity index (χ2n) is 9.17. The molecule has 1 aromatic carbocycles. The molecule has 0 bridgehead atoms. The number of amides is 1. The summed E-state index contributed by atoms with van der Waals surface area (Å²) in [5, 5.41) is 4.33. The van der Waals surface area contributed by atoms with E-state index in [1.165, 1.54) is 7.11 Å². The summed E-state index contributed by atoms with van der Waals surface area (Å²) in [7, 11) is 3.69. The van der Waals surface area contributed by atoms with E-state index in [4.69, 9.17) is 4.74 Å². The van der Waals surface area contributed by atoms with Gasteiger partial charge < -0.3 is 15.0 Å². The number of allylic oxidation sites excluding steroid dienone is 2. The minimum atomic E-state index is -0.171. The second-order valence-corrected chi connectivity index (χ2v) is 9.17. The van der Waals surface area contributed by atoms with E-state index in [0.29, 0.717) is 5.76 Å². The van der Waals surface area contributed by atoms with Crippen LogP contribution in [0.5, 0.6) is 0 Å². The van der Waals surface area contributed by atoms with Crippen LogP contribution < -0.4 is 5.32 Å². The Balaban J connectivity index is 1.68. The third-order valence-electron chi connectivity index (χ3n) is 6.16. The number of aromatic nitrogens is 1. The maximum absolute atomic E-state index is 12.8. The number of rotatable bonds is 5.